The molecule has 6 heteroatoms. The van der Waals surface area contributed by atoms with Gasteiger partial charge in [0.05, 0.1) is 5.69 Å². The zero-order chi connectivity index (χ0) is 35.9. The number of nitrogens with zero attached hydrogens (tertiary/aromatic N) is 4. The van der Waals surface area contributed by atoms with Crippen molar-refractivity contribution in [1.82, 2.24) is 9.97 Å². The van der Waals surface area contributed by atoms with Crippen molar-refractivity contribution in [2.75, 3.05) is 9.80 Å². The molecule has 4 heterocycles. The number of benzene rings is 4. The average molecular weight is 824 g/mol. The van der Waals surface area contributed by atoms with Crippen molar-refractivity contribution in [2.24, 2.45) is 0 Å². The second kappa shape index (κ2) is 14.4. The molecule has 249 valence electrons. The number of hydrogen-bond acceptors (Lipinski definition) is 5. The van der Waals surface area contributed by atoms with Crippen molar-refractivity contribution >= 4 is 44.8 Å². The summed E-state index contributed by atoms with van der Waals surface area (Å²) in [6, 6.07) is 39.3. The molecule has 0 saturated carbocycles. The molecule has 1 radical (unpaired) electrons. The molecule has 0 atom stereocenters. The van der Waals surface area contributed by atoms with E-state index < -0.39 is 6.85 Å². The Balaban J connectivity index is 0.000000302. The fourth-order valence-corrected chi connectivity index (χ4v) is 6.44. The molecule has 0 saturated heterocycles. The van der Waals surface area contributed by atoms with E-state index >= 15 is 0 Å². The number of aryl methyl sites for hydroxylation is 2. The van der Waals surface area contributed by atoms with Crippen LogP contribution in [-0.4, -0.2) is 9.97 Å². The van der Waals surface area contributed by atoms with E-state index in [1.165, 1.54) is 16.8 Å². The third-order valence-electron chi connectivity index (χ3n) is 8.79. The third kappa shape index (κ3) is 6.51. The molecule has 0 spiro atoms. The fraction of sp³-hybridized carbons (Fsp3) is 0.186. The first-order valence-corrected chi connectivity index (χ1v) is 16.4. The first kappa shape index (κ1) is 30.3. The maximum absolute atomic E-state index is 7.79. The van der Waals surface area contributed by atoms with Crippen LogP contribution < -0.4 is 9.80 Å². The van der Waals surface area contributed by atoms with Crippen LogP contribution in [0.1, 0.15) is 66.0 Å². The van der Waals surface area contributed by atoms with Gasteiger partial charge < -0.3 is 19.2 Å². The maximum Gasteiger partial charge on any atom is 0.227 e. The predicted octanol–water partition coefficient (Wildman–Crippen LogP) is 11.8. The Morgan fingerprint density at radius 3 is 2.04 bits per heavy atom. The van der Waals surface area contributed by atoms with Crippen LogP contribution in [0, 0.1) is 26.5 Å². The summed E-state index contributed by atoms with van der Waals surface area (Å²) in [5, 5.41) is 1.71. The summed E-state index contributed by atoms with van der Waals surface area (Å²) in [5.74, 6) is 0.708. The Morgan fingerprint density at radius 1 is 0.735 bits per heavy atom. The van der Waals surface area contributed by atoms with E-state index in [4.69, 9.17) is 8.53 Å². The van der Waals surface area contributed by atoms with Gasteiger partial charge in [-0.2, -0.15) is 0 Å². The zero-order valence-corrected chi connectivity index (χ0v) is 30.6. The van der Waals surface area contributed by atoms with Gasteiger partial charge in [0.2, 0.25) is 5.71 Å². The number of hydrogen-bond donors (Lipinski definition) is 0. The number of fused-ring (bicyclic) bond motifs is 4. The minimum atomic E-state index is -2.30. The average Bonchev–Trinajstić information content (AvgIpc) is 3.70. The Morgan fingerprint density at radius 2 is 1.41 bits per heavy atom. The SMILES string of the molecule is [2H]C([2H])([2H])c1ccc2c(n1)oc1c(N3[CH-]N(c4c(C(C)C)cccc4C(C)C)c4ccccc43)c(C)ccc12.[Ir].[c-]1ccccc1-c1ccccn1. The van der Waals surface area contributed by atoms with E-state index in [2.05, 4.69) is 116 Å². The first-order valence-electron chi connectivity index (χ1n) is 17.9. The Labute approximate surface area is 307 Å². The van der Waals surface area contributed by atoms with Crippen molar-refractivity contribution in [3.8, 4) is 11.3 Å². The minimum absolute atomic E-state index is 0. The summed E-state index contributed by atoms with van der Waals surface area (Å²) in [6.45, 7) is 10.9. The smallest absolute Gasteiger partial charge is 0.227 e. The van der Waals surface area contributed by atoms with Gasteiger partial charge in [-0.25, -0.2) is 4.98 Å². The number of pyridine rings is 2. The maximum atomic E-state index is 7.79. The van der Waals surface area contributed by atoms with Crippen LogP contribution in [0.3, 0.4) is 0 Å². The molecule has 1 aliphatic rings. The summed E-state index contributed by atoms with van der Waals surface area (Å²) in [4.78, 5) is 13.1. The molecule has 3 aromatic heterocycles. The molecule has 7 aromatic rings. The molecule has 5 nitrogen and oxygen atoms in total. The molecule has 0 aliphatic carbocycles. The molecular formula is C43H40IrN4O-2. The molecule has 0 fully saturated rings. The zero-order valence-electron chi connectivity index (χ0n) is 31.2. The van der Waals surface area contributed by atoms with Crippen molar-refractivity contribution in [3.63, 3.8) is 0 Å². The molecule has 0 bridgehead atoms. The van der Waals surface area contributed by atoms with Crippen LogP contribution in [0.5, 0.6) is 0 Å². The van der Waals surface area contributed by atoms with Crippen LogP contribution in [0.15, 0.2) is 120 Å². The van der Waals surface area contributed by atoms with E-state index in [0.29, 0.717) is 23.1 Å². The standard InChI is InChI=1S/C32H32N3O.C11H8N.Ir/c1-19(2)23-10-9-11-24(20(3)4)30(23)35-18-34(27-12-7-8-13-28(27)35)29-21(5)14-16-25-26-17-15-22(6)33-32(26)36-31(25)29;1-2-6-10(7-3-1)11-8-4-5-9-12-11;/h7-20H,1-6H3;1-6,8-9H;/q2*-1;/i6D3;;. The van der Waals surface area contributed by atoms with Gasteiger partial charge in [-0.05, 0) is 78.3 Å². The van der Waals surface area contributed by atoms with Crippen LogP contribution in [0.25, 0.3) is 33.3 Å². The molecule has 0 amide bonds. The van der Waals surface area contributed by atoms with Gasteiger partial charge >= 0.3 is 0 Å². The molecule has 8 rings (SSSR count). The summed E-state index contributed by atoms with van der Waals surface area (Å²) in [5.41, 5.74) is 11.0. The van der Waals surface area contributed by atoms with Gasteiger partial charge in [0.1, 0.15) is 0 Å². The molecule has 49 heavy (non-hydrogen) atoms. The van der Waals surface area contributed by atoms with Crippen LogP contribution in [-0.2, 0) is 20.1 Å². The van der Waals surface area contributed by atoms with Gasteiger partial charge in [-0.15, -0.1) is 42.6 Å². The normalized spacial score (nSPS) is 13.5. The van der Waals surface area contributed by atoms with E-state index in [0.717, 1.165) is 44.7 Å². The summed E-state index contributed by atoms with van der Waals surface area (Å²) >= 11 is 0. The van der Waals surface area contributed by atoms with E-state index in [9.17, 15) is 0 Å². The number of para-hydroxylation sites is 3. The number of rotatable bonds is 5. The molecule has 0 unspecified atom stereocenters. The van der Waals surface area contributed by atoms with Crippen LogP contribution in [0.2, 0.25) is 0 Å². The van der Waals surface area contributed by atoms with Crippen LogP contribution in [0.4, 0.5) is 22.7 Å². The second-order valence-electron chi connectivity index (χ2n) is 12.7. The summed E-state index contributed by atoms with van der Waals surface area (Å²) in [6.07, 6.45) is 1.79. The van der Waals surface area contributed by atoms with Gasteiger partial charge in [0, 0.05) is 63.9 Å². The number of anilines is 4. The summed E-state index contributed by atoms with van der Waals surface area (Å²) < 4.78 is 29.7. The predicted molar refractivity (Wildman–Crippen MR) is 199 cm³/mol. The molecule has 0 N–H and O–H groups in total. The Kier molecular flexibility index (Phi) is 8.89. The summed E-state index contributed by atoms with van der Waals surface area (Å²) in [7, 11) is 0. The van der Waals surface area contributed by atoms with Crippen molar-refractivity contribution in [3.05, 3.63) is 151 Å². The van der Waals surface area contributed by atoms with E-state index in [1.54, 1.807) is 18.3 Å². The van der Waals surface area contributed by atoms with E-state index in [-0.39, 0.29) is 25.8 Å². The monoisotopic (exact) mass is 824 g/mol. The molecule has 4 aromatic carbocycles. The van der Waals surface area contributed by atoms with E-state index in [1.807, 2.05) is 48.5 Å². The second-order valence-corrected chi connectivity index (χ2v) is 12.7. The molecule has 1 aliphatic heterocycles. The van der Waals surface area contributed by atoms with Gasteiger partial charge in [0.15, 0.2) is 5.58 Å². The van der Waals surface area contributed by atoms with Gasteiger partial charge in [0.25, 0.3) is 0 Å². The van der Waals surface area contributed by atoms with Gasteiger partial charge in [-0.3, -0.25) is 0 Å². The number of aromatic nitrogens is 2. The fourth-order valence-electron chi connectivity index (χ4n) is 6.44. The largest absolute Gasteiger partial charge is 0.473 e. The first-order chi connectivity index (χ1) is 24.5. The number of furan rings is 1. The quantitative estimate of drug-likeness (QED) is 0.162. The molecular weight excluding hydrogens is 781 g/mol. The van der Waals surface area contributed by atoms with Crippen molar-refractivity contribution in [1.29, 1.82) is 0 Å². The Bertz CT molecular complexity index is 2260. The van der Waals surface area contributed by atoms with Crippen molar-refractivity contribution < 1.29 is 28.6 Å². The topological polar surface area (TPSA) is 45.4 Å². The van der Waals surface area contributed by atoms with Gasteiger partial charge in [-0.1, -0.05) is 82.3 Å². The third-order valence-corrected chi connectivity index (χ3v) is 8.79. The van der Waals surface area contributed by atoms with Crippen LogP contribution >= 0.6 is 0 Å². The minimum Gasteiger partial charge on any atom is -0.473 e. The van der Waals surface area contributed by atoms with Crippen molar-refractivity contribution in [2.45, 2.75) is 53.3 Å². The Hall–Kier alpha value is -4.77.